The van der Waals surface area contributed by atoms with Crippen molar-refractivity contribution in [2.45, 2.75) is 18.9 Å². The fraction of sp³-hybridized carbons (Fsp3) is 0.571. The van der Waals surface area contributed by atoms with Crippen molar-refractivity contribution >= 4 is 5.69 Å². The number of benzene rings is 1. The van der Waals surface area contributed by atoms with E-state index in [0.717, 1.165) is 31.2 Å². The van der Waals surface area contributed by atoms with Gasteiger partial charge in [0.25, 0.3) is 0 Å². The van der Waals surface area contributed by atoms with Gasteiger partial charge in [0.15, 0.2) is 0 Å². The average Bonchev–Trinajstić information content (AvgIpc) is 3.23. The minimum atomic E-state index is -0.246. The van der Waals surface area contributed by atoms with Gasteiger partial charge in [-0.2, -0.15) is 0 Å². The number of halogens is 1. The number of nitrogens with zero attached hydrogens (tertiary/aromatic N) is 1. The summed E-state index contributed by atoms with van der Waals surface area (Å²) >= 11 is 0. The predicted molar refractivity (Wildman–Crippen MR) is 69.7 cm³/mol. The molecule has 3 rings (SSSR count). The van der Waals surface area contributed by atoms with Crippen LogP contribution < -0.4 is 15.0 Å². The Morgan fingerprint density at radius 3 is 2.94 bits per heavy atom. The fourth-order valence-electron chi connectivity index (χ4n) is 2.72. The molecule has 1 N–H and O–H groups in total. The Labute approximate surface area is 107 Å². The molecule has 1 saturated heterocycles. The monoisotopic (exact) mass is 250 g/mol. The molecule has 2 fully saturated rings. The number of ether oxygens (including phenoxy) is 1. The fourth-order valence-corrected chi connectivity index (χ4v) is 2.72. The van der Waals surface area contributed by atoms with Crippen molar-refractivity contribution in [3.63, 3.8) is 0 Å². The number of hydrogen-bond acceptors (Lipinski definition) is 3. The quantitative estimate of drug-likeness (QED) is 0.888. The van der Waals surface area contributed by atoms with Gasteiger partial charge < -0.3 is 15.0 Å². The van der Waals surface area contributed by atoms with Crippen LogP contribution in [0.15, 0.2) is 18.2 Å². The predicted octanol–water partition coefficient (Wildman–Crippen LogP) is 2.02. The first-order valence-electron chi connectivity index (χ1n) is 6.60. The van der Waals surface area contributed by atoms with Gasteiger partial charge in [-0.05, 0) is 30.9 Å². The van der Waals surface area contributed by atoms with Gasteiger partial charge in [-0.1, -0.05) is 0 Å². The first-order chi connectivity index (χ1) is 8.78. The number of rotatable bonds is 3. The maximum atomic E-state index is 13.2. The van der Waals surface area contributed by atoms with Crippen molar-refractivity contribution in [2.75, 3.05) is 31.6 Å². The Morgan fingerprint density at radius 2 is 2.22 bits per heavy atom. The van der Waals surface area contributed by atoms with E-state index in [4.69, 9.17) is 4.74 Å². The summed E-state index contributed by atoms with van der Waals surface area (Å²) in [6.45, 7) is 2.93. The van der Waals surface area contributed by atoms with E-state index >= 15 is 0 Å². The lowest BCUT2D eigenvalue weighted by molar-refractivity contribution is 0.396. The lowest BCUT2D eigenvalue weighted by atomic mass is 10.1. The Hall–Kier alpha value is -1.29. The maximum Gasteiger partial charge on any atom is 0.145 e. The third-order valence-corrected chi connectivity index (χ3v) is 3.88. The lowest BCUT2D eigenvalue weighted by Crippen LogP contribution is -2.51. The highest BCUT2D eigenvalue weighted by Gasteiger charge is 2.34. The summed E-state index contributed by atoms with van der Waals surface area (Å²) in [7, 11) is 1.60. The first-order valence-corrected chi connectivity index (χ1v) is 6.60. The summed E-state index contributed by atoms with van der Waals surface area (Å²) in [6.07, 6.45) is 2.68. The van der Waals surface area contributed by atoms with Crippen molar-refractivity contribution in [3.8, 4) is 5.75 Å². The Kier molecular flexibility index (Phi) is 3.12. The molecule has 1 aromatic carbocycles. The molecule has 1 aliphatic heterocycles. The second-order valence-corrected chi connectivity index (χ2v) is 5.16. The van der Waals surface area contributed by atoms with Crippen LogP contribution in [0.2, 0.25) is 0 Å². The summed E-state index contributed by atoms with van der Waals surface area (Å²) in [4.78, 5) is 2.30. The highest BCUT2D eigenvalue weighted by atomic mass is 19.1. The van der Waals surface area contributed by atoms with Crippen LogP contribution >= 0.6 is 0 Å². The Morgan fingerprint density at radius 1 is 1.39 bits per heavy atom. The van der Waals surface area contributed by atoms with Gasteiger partial charge in [0.2, 0.25) is 0 Å². The molecule has 2 aliphatic rings. The van der Waals surface area contributed by atoms with Crippen LogP contribution in [-0.4, -0.2) is 32.8 Å². The van der Waals surface area contributed by atoms with Crippen LogP contribution in [-0.2, 0) is 0 Å². The molecule has 1 aromatic rings. The number of anilines is 1. The summed E-state index contributed by atoms with van der Waals surface area (Å²) in [5.74, 6) is 1.22. The van der Waals surface area contributed by atoms with Crippen molar-refractivity contribution in [1.82, 2.24) is 5.32 Å². The molecule has 4 heteroatoms. The third kappa shape index (κ3) is 2.29. The van der Waals surface area contributed by atoms with Crippen LogP contribution in [0.25, 0.3) is 0 Å². The number of piperazine rings is 1. The molecular weight excluding hydrogens is 231 g/mol. The standard InChI is InChI=1S/C14H19FN2O/c1-18-14-8-11(15)4-5-13(14)17-7-6-16-12(9-17)10-2-3-10/h4-5,8,10,12,16H,2-3,6-7,9H2,1H3. The van der Waals surface area contributed by atoms with E-state index in [2.05, 4.69) is 10.2 Å². The first kappa shape index (κ1) is 11.8. The molecule has 0 radical (unpaired) electrons. The van der Waals surface area contributed by atoms with Crippen LogP contribution in [0.3, 0.4) is 0 Å². The molecule has 1 heterocycles. The third-order valence-electron chi connectivity index (χ3n) is 3.88. The second kappa shape index (κ2) is 4.76. The topological polar surface area (TPSA) is 24.5 Å². The van der Waals surface area contributed by atoms with Gasteiger partial charge in [0.1, 0.15) is 11.6 Å². The van der Waals surface area contributed by atoms with E-state index in [9.17, 15) is 4.39 Å². The average molecular weight is 250 g/mol. The SMILES string of the molecule is COc1cc(F)ccc1N1CCNC(C2CC2)C1. The molecule has 0 amide bonds. The normalized spacial score (nSPS) is 24.1. The Bertz CT molecular complexity index is 434. The van der Waals surface area contributed by atoms with Gasteiger partial charge in [-0.15, -0.1) is 0 Å². The molecule has 1 unspecified atom stereocenters. The molecule has 1 aliphatic carbocycles. The number of hydrogen-bond donors (Lipinski definition) is 1. The zero-order valence-electron chi connectivity index (χ0n) is 10.7. The van der Waals surface area contributed by atoms with Crippen molar-refractivity contribution in [2.24, 2.45) is 5.92 Å². The molecule has 3 nitrogen and oxygen atoms in total. The minimum absolute atomic E-state index is 0.246. The summed E-state index contributed by atoms with van der Waals surface area (Å²) in [5.41, 5.74) is 1.01. The minimum Gasteiger partial charge on any atom is -0.494 e. The lowest BCUT2D eigenvalue weighted by Gasteiger charge is -2.36. The van der Waals surface area contributed by atoms with E-state index in [1.807, 2.05) is 6.07 Å². The molecule has 1 atom stereocenters. The van der Waals surface area contributed by atoms with Crippen molar-refractivity contribution in [3.05, 3.63) is 24.0 Å². The molecule has 0 aromatic heterocycles. The molecule has 0 spiro atoms. The zero-order valence-corrected chi connectivity index (χ0v) is 10.7. The van der Waals surface area contributed by atoms with Gasteiger partial charge in [-0.3, -0.25) is 0 Å². The molecule has 1 saturated carbocycles. The maximum absolute atomic E-state index is 13.2. The van der Waals surface area contributed by atoms with E-state index < -0.39 is 0 Å². The zero-order chi connectivity index (χ0) is 12.5. The Balaban J connectivity index is 1.80. The molecule has 98 valence electrons. The number of nitrogens with one attached hydrogen (secondary N) is 1. The highest BCUT2D eigenvalue weighted by Crippen LogP contribution is 2.36. The summed E-state index contributed by atoms with van der Waals surface area (Å²) in [5, 5.41) is 3.57. The second-order valence-electron chi connectivity index (χ2n) is 5.16. The molecule has 18 heavy (non-hydrogen) atoms. The van der Waals surface area contributed by atoms with Gasteiger partial charge >= 0.3 is 0 Å². The van der Waals surface area contributed by atoms with Crippen LogP contribution in [0, 0.1) is 11.7 Å². The van der Waals surface area contributed by atoms with E-state index in [1.165, 1.54) is 25.0 Å². The van der Waals surface area contributed by atoms with E-state index in [1.54, 1.807) is 7.11 Å². The summed E-state index contributed by atoms with van der Waals surface area (Å²) in [6, 6.07) is 5.37. The van der Waals surface area contributed by atoms with Crippen LogP contribution in [0.5, 0.6) is 5.75 Å². The molecule has 0 bridgehead atoms. The largest absolute Gasteiger partial charge is 0.494 e. The van der Waals surface area contributed by atoms with Crippen molar-refractivity contribution in [1.29, 1.82) is 0 Å². The van der Waals surface area contributed by atoms with Crippen molar-refractivity contribution < 1.29 is 9.13 Å². The van der Waals surface area contributed by atoms with E-state index in [-0.39, 0.29) is 5.82 Å². The van der Waals surface area contributed by atoms with Gasteiger partial charge in [0, 0.05) is 31.7 Å². The van der Waals surface area contributed by atoms with Crippen LogP contribution in [0.4, 0.5) is 10.1 Å². The van der Waals surface area contributed by atoms with E-state index in [0.29, 0.717) is 11.8 Å². The van der Waals surface area contributed by atoms with Gasteiger partial charge in [0.05, 0.1) is 12.8 Å². The highest BCUT2D eigenvalue weighted by molar-refractivity contribution is 5.59. The van der Waals surface area contributed by atoms with Crippen LogP contribution in [0.1, 0.15) is 12.8 Å². The van der Waals surface area contributed by atoms with Gasteiger partial charge in [-0.25, -0.2) is 4.39 Å². The smallest absolute Gasteiger partial charge is 0.145 e. The number of methoxy groups -OCH3 is 1. The summed E-state index contributed by atoms with van der Waals surface area (Å²) < 4.78 is 18.5. The molecular formula is C14H19FN2O.